The van der Waals surface area contributed by atoms with E-state index in [1.54, 1.807) is 17.1 Å². The molecule has 3 heterocycles. The summed E-state index contributed by atoms with van der Waals surface area (Å²) in [6.45, 7) is 1.17. The molecule has 3 aromatic rings. The first-order valence-electron chi connectivity index (χ1n) is 8.79. The molecule has 0 unspecified atom stereocenters. The van der Waals surface area contributed by atoms with Crippen LogP contribution in [0.1, 0.15) is 23.9 Å². The summed E-state index contributed by atoms with van der Waals surface area (Å²) in [6, 6.07) is 9.45. The number of anilines is 1. The molecule has 2 N–H and O–H groups in total. The van der Waals surface area contributed by atoms with Gasteiger partial charge in [-0.2, -0.15) is 0 Å². The van der Waals surface area contributed by atoms with Crippen LogP contribution in [-0.2, 0) is 18.3 Å². The number of rotatable bonds is 5. The Kier molecular flexibility index (Phi) is 4.84. The number of carbonyl (C=O) groups is 1. The Balaban J connectivity index is 1.35. The first kappa shape index (κ1) is 17.2. The van der Waals surface area contributed by atoms with Crippen molar-refractivity contribution in [3.8, 4) is 0 Å². The zero-order chi connectivity index (χ0) is 18.6. The summed E-state index contributed by atoms with van der Waals surface area (Å²) in [5.41, 5.74) is 1.11. The number of ether oxygens (including phenoxy) is 1. The predicted octanol–water partition coefficient (Wildman–Crippen LogP) is 1.71. The van der Waals surface area contributed by atoms with E-state index in [0.29, 0.717) is 19.0 Å². The fraction of sp³-hybridized carbons (Fsp3) is 0.333. The lowest BCUT2D eigenvalue weighted by atomic mass is 10.1. The number of hydrogen-bond acceptors (Lipinski definition) is 5. The van der Waals surface area contributed by atoms with E-state index in [4.69, 9.17) is 4.74 Å². The van der Waals surface area contributed by atoms with Crippen LogP contribution >= 0.6 is 0 Å². The van der Waals surface area contributed by atoms with E-state index in [2.05, 4.69) is 25.9 Å². The van der Waals surface area contributed by atoms with Crippen LogP contribution < -0.4 is 10.6 Å². The van der Waals surface area contributed by atoms with E-state index in [9.17, 15) is 4.79 Å². The molecule has 2 amide bonds. The van der Waals surface area contributed by atoms with Crippen LogP contribution in [0.2, 0.25) is 0 Å². The maximum Gasteiger partial charge on any atom is 0.320 e. The van der Waals surface area contributed by atoms with Gasteiger partial charge in [-0.1, -0.05) is 35.5 Å². The normalized spacial score (nSPS) is 19.1. The van der Waals surface area contributed by atoms with E-state index in [-0.39, 0.29) is 18.2 Å². The molecule has 1 aromatic carbocycles. The van der Waals surface area contributed by atoms with Gasteiger partial charge in [-0.25, -0.2) is 14.5 Å². The summed E-state index contributed by atoms with van der Waals surface area (Å²) in [5, 5.41) is 13.7. The first-order valence-corrected chi connectivity index (χ1v) is 8.79. The van der Waals surface area contributed by atoms with Crippen molar-refractivity contribution in [2.24, 2.45) is 7.05 Å². The third kappa shape index (κ3) is 3.98. The van der Waals surface area contributed by atoms with E-state index in [0.717, 1.165) is 17.8 Å². The molecule has 1 aliphatic rings. The third-order valence-electron chi connectivity index (χ3n) is 4.49. The van der Waals surface area contributed by atoms with Gasteiger partial charge >= 0.3 is 6.03 Å². The van der Waals surface area contributed by atoms with Gasteiger partial charge in [-0.3, -0.25) is 5.32 Å². The lowest BCUT2D eigenvalue weighted by Crippen LogP contribution is -2.40. The number of urea groups is 1. The molecular weight excluding hydrogens is 346 g/mol. The van der Waals surface area contributed by atoms with Crippen LogP contribution in [-0.4, -0.2) is 43.2 Å². The standard InChI is InChI=1S/C18H21N7O2/c1-24-9-8-19-17(24)16-14(7-10-27-16)20-18(26)21-15-12-25(23-22-15)11-13-5-3-2-4-6-13/h2-6,8-9,12,14,16H,7,10-11H2,1H3,(H2,20,21,26)/t14-,16-/m1/s1. The lowest BCUT2D eigenvalue weighted by Gasteiger charge is -2.19. The van der Waals surface area contributed by atoms with Gasteiger partial charge < -0.3 is 14.6 Å². The number of carbonyl (C=O) groups excluding carboxylic acids is 1. The Hall–Kier alpha value is -3.20. The predicted molar refractivity (Wildman–Crippen MR) is 98.0 cm³/mol. The molecule has 1 saturated heterocycles. The minimum atomic E-state index is -0.337. The quantitative estimate of drug-likeness (QED) is 0.715. The number of aryl methyl sites for hydroxylation is 1. The van der Waals surface area contributed by atoms with Crippen LogP contribution in [0.25, 0.3) is 0 Å². The average molecular weight is 367 g/mol. The summed E-state index contributed by atoms with van der Waals surface area (Å²) >= 11 is 0. The number of imidazole rings is 1. The lowest BCUT2D eigenvalue weighted by molar-refractivity contribution is 0.0913. The number of aromatic nitrogens is 5. The average Bonchev–Trinajstić information content (AvgIpc) is 3.38. The maximum absolute atomic E-state index is 12.4. The topological polar surface area (TPSA) is 98.9 Å². The second-order valence-electron chi connectivity index (χ2n) is 6.47. The van der Waals surface area contributed by atoms with Crippen LogP contribution in [0.5, 0.6) is 0 Å². The number of amides is 2. The molecule has 0 bridgehead atoms. The van der Waals surface area contributed by atoms with Gasteiger partial charge in [-0.05, 0) is 12.0 Å². The van der Waals surface area contributed by atoms with E-state index in [1.165, 1.54) is 0 Å². The van der Waals surface area contributed by atoms with Crippen LogP contribution in [0, 0.1) is 0 Å². The Morgan fingerprint density at radius 3 is 2.96 bits per heavy atom. The smallest absolute Gasteiger partial charge is 0.320 e. The number of hydrogen-bond donors (Lipinski definition) is 2. The number of nitrogens with zero attached hydrogens (tertiary/aromatic N) is 5. The molecule has 2 aromatic heterocycles. The molecule has 27 heavy (non-hydrogen) atoms. The highest BCUT2D eigenvalue weighted by Gasteiger charge is 2.33. The Bertz CT molecular complexity index is 905. The second-order valence-corrected chi connectivity index (χ2v) is 6.47. The molecule has 0 spiro atoms. The van der Waals surface area contributed by atoms with Crippen molar-refractivity contribution in [2.45, 2.75) is 25.1 Å². The molecule has 0 aliphatic carbocycles. The fourth-order valence-corrected chi connectivity index (χ4v) is 3.17. The molecule has 2 atom stereocenters. The van der Waals surface area contributed by atoms with Crippen LogP contribution in [0.3, 0.4) is 0 Å². The van der Waals surface area contributed by atoms with Gasteiger partial charge in [0.15, 0.2) is 5.82 Å². The van der Waals surface area contributed by atoms with Crippen molar-refractivity contribution in [3.05, 3.63) is 60.3 Å². The minimum absolute atomic E-state index is 0.148. The third-order valence-corrected chi connectivity index (χ3v) is 4.49. The molecule has 4 rings (SSSR count). The monoisotopic (exact) mass is 367 g/mol. The van der Waals surface area contributed by atoms with Crippen molar-refractivity contribution < 1.29 is 9.53 Å². The largest absolute Gasteiger partial charge is 0.368 e. The molecule has 0 saturated carbocycles. The van der Waals surface area contributed by atoms with E-state index < -0.39 is 0 Å². The van der Waals surface area contributed by atoms with Gasteiger partial charge in [-0.15, -0.1) is 5.10 Å². The highest BCUT2D eigenvalue weighted by Crippen LogP contribution is 2.27. The highest BCUT2D eigenvalue weighted by atomic mass is 16.5. The van der Waals surface area contributed by atoms with Crippen molar-refractivity contribution in [1.29, 1.82) is 0 Å². The Labute approximate surface area is 156 Å². The fourth-order valence-electron chi connectivity index (χ4n) is 3.17. The van der Waals surface area contributed by atoms with E-state index in [1.807, 2.05) is 48.1 Å². The number of nitrogens with one attached hydrogen (secondary N) is 2. The SMILES string of the molecule is Cn1ccnc1[C@@H]1OCC[C@H]1NC(=O)Nc1cn(Cc2ccccc2)nn1. The first-order chi connectivity index (χ1) is 13.2. The second kappa shape index (κ2) is 7.58. The molecule has 9 nitrogen and oxygen atoms in total. The molecule has 1 fully saturated rings. The molecule has 140 valence electrons. The van der Waals surface area contributed by atoms with Crippen molar-refractivity contribution >= 4 is 11.8 Å². The molecular formula is C18H21N7O2. The summed E-state index contributed by atoms with van der Waals surface area (Å²) in [4.78, 5) is 16.7. The van der Waals surface area contributed by atoms with Crippen molar-refractivity contribution in [2.75, 3.05) is 11.9 Å². The molecule has 9 heteroatoms. The van der Waals surface area contributed by atoms with Gasteiger partial charge in [0.05, 0.1) is 18.8 Å². The summed E-state index contributed by atoms with van der Waals surface area (Å²) in [7, 11) is 1.91. The van der Waals surface area contributed by atoms with Gasteiger partial charge in [0, 0.05) is 26.0 Å². The Morgan fingerprint density at radius 2 is 2.19 bits per heavy atom. The molecule has 1 aliphatic heterocycles. The maximum atomic E-state index is 12.4. The molecule has 0 radical (unpaired) electrons. The summed E-state index contributed by atoms with van der Waals surface area (Å²) in [5.74, 6) is 1.20. The van der Waals surface area contributed by atoms with Gasteiger partial charge in [0.2, 0.25) is 0 Å². The van der Waals surface area contributed by atoms with Gasteiger partial charge in [0.25, 0.3) is 0 Å². The summed E-state index contributed by atoms with van der Waals surface area (Å²) in [6.07, 6.45) is 5.75. The van der Waals surface area contributed by atoms with Gasteiger partial charge in [0.1, 0.15) is 11.9 Å². The van der Waals surface area contributed by atoms with Crippen molar-refractivity contribution in [3.63, 3.8) is 0 Å². The zero-order valence-corrected chi connectivity index (χ0v) is 14.9. The number of benzene rings is 1. The highest BCUT2D eigenvalue weighted by molar-refractivity contribution is 5.88. The summed E-state index contributed by atoms with van der Waals surface area (Å²) < 4.78 is 9.34. The zero-order valence-electron chi connectivity index (χ0n) is 14.9. The van der Waals surface area contributed by atoms with E-state index >= 15 is 0 Å². The van der Waals surface area contributed by atoms with Crippen LogP contribution in [0.15, 0.2) is 48.9 Å². The minimum Gasteiger partial charge on any atom is -0.368 e. The van der Waals surface area contributed by atoms with Crippen molar-refractivity contribution in [1.82, 2.24) is 29.9 Å². The Morgan fingerprint density at radius 1 is 1.33 bits per heavy atom. The van der Waals surface area contributed by atoms with Crippen LogP contribution in [0.4, 0.5) is 10.6 Å².